The summed E-state index contributed by atoms with van der Waals surface area (Å²) in [6, 6.07) is 19.4. The van der Waals surface area contributed by atoms with Crippen LogP contribution in [0.15, 0.2) is 83.9 Å². The van der Waals surface area contributed by atoms with Crippen molar-refractivity contribution in [3.05, 3.63) is 95.4 Å². The van der Waals surface area contributed by atoms with Gasteiger partial charge in [0.05, 0.1) is 10.6 Å². The van der Waals surface area contributed by atoms with Crippen molar-refractivity contribution in [3.63, 3.8) is 0 Å². The normalized spacial score (nSPS) is 11.5. The van der Waals surface area contributed by atoms with Gasteiger partial charge in [-0.25, -0.2) is 12.8 Å². The molecule has 0 unspecified atom stereocenters. The molecule has 0 bridgehead atoms. The Balaban J connectivity index is 1.66. The number of hydrogen-bond acceptors (Lipinski definition) is 3. The number of carbonyl (C=O) groups excluding carboxylic acids is 1. The van der Waals surface area contributed by atoms with E-state index >= 15 is 0 Å². The predicted molar refractivity (Wildman–Crippen MR) is 119 cm³/mol. The summed E-state index contributed by atoms with van der Waals surface area (Å²) < 4.78 is 41.8. The topological polar surface area (TPSA) is 68.2 Å². The number of rotatable bonds is 6. The summed E-state index contributed by atoms with van der Waals surface area (Å²) in [5, 5.41) is 3.72. The molecule has 1 N–H and O–H groups in total. The third kappa shape index (κ3) is 4.62. The van der Waals surface area contributed by atoms with E-state index in [4.69, 9.17) is 11.6 Å². The van der Waals surface area contributed by atoms with Gasteiger partial charge >= 0.3 is 0 Å². The minimum atomic E-state index is -3.85. The lowest BCUT2D eigenvalue weighted by atomic mass is 10.2. The average Bonchev–Trinajstić information content (AvgIpc) is 3.09. The maximum absolute atomic E-state index is 14.0. The van der Waals surface area contributed by atoms with E-state index in [1.807, 2.05) is 0 Å². The lowest BCUT2D eigenvalue weighted by molar-refractivity contribution is -0.116. The summed E-state index contributed by atoms with van der Waals surface area (Å²) in [5.41, 5.74) is 1.23. The molecule has 5 nitrogen and oxygen atoms in total. The zero-order valence-electron chi connectivity index (χ0n) is 16.3. The fraction of sp³-hybridized carbons (Fsp3) is 0.0870. The Morgan fingerprint density at radius 2 is 1.74 bits per heavy atom. The number of amides is 1. The maximum Gasteiger partial charge on any atom is 0.244 e. The zero-order chi connectivity index (χ0) is 22.0. The van der Waals surface area contributed by atoms with Crippen LogP contribution in [0.2, 0.25) is 5.02 Å². The quantitative estimate of drug-likeness (QED) is 0.441. The Kier molecular flexibility index (Phi) is 5.80. The Labute approximate surface area is 184 Å². The molecule has 8 heteroatoms. The van der Waals surface area contributed by atoms with Gasteiger partial charge in [-0.2, -0.15) is 0 Å². The van der Waals surface area contributed by atoms with Crippen molar-refractivity contribution in [2.45, 2.75) is 17.2 Å². The second kappa shape index (κ2) is 8.53. The van der Waals surface area contributed by atoms with Crippen molar-refractivity contribution >= 4 is 43.9 Å². The van der Waals surface area contributed by atoms with E-state index in [0.29, 0.717) is 21.6 Å². The molecule has 3 aromatic carbocycles. The highest BCUT2D eigenvalue weighted by Crippen LogP contribution is 2.28. The summed E-state index contributed by atoms with van der Waals surface area (Å²) in [4.78, 5) is 12.6. The van der Waals surface area contributed by atoms with E-state index in [2.05, 4.69) is 5.32 Å². The van der Waals surface area contributed by atoms with Crippen LogP contribution in [0.4, 0.5) is 10.1 Å². The number of sulfone groups is 1. The molecule has 31 heavy (non-hydrogen) atoms. The van der Waals surface area contributed by atoms with Crippen LogP contribution in [0.3, 0.4) is 0 Å². The summed E-state index contributed by atoms with van der Waals surface area (Å²) in [6.07, 6.45) is 1.43. The minimum Gasteiger partial charge on any atom is -0.337 e. The first-order valence-corrected chi connectivity index (χ1v) is 11.5. The Bertz CT molecular complexity index is 1380. The van der Waals surface area contributed by atoms with E-state index in [1.165, 1.54) is 24.4 Å². The second-order valence-electron chi connectivity index (χ2n) is 7.05. The van der Waals surface area contributed by atoms with Gasteiger partial charge in [0, 0.05) is 33.4 Å². The average molecular weight is 457 g/mol. The third-order valence-electron chi connectivity index (χ3n) is 4.81. The summed E-state index contributed by atoms with van der Waals surface area (Å²) in [6.45, 7) is -0.0950. The van der Waals surface area contributed by atoms with Crippen molar-refractivity contribution in [1.29, 1.82) is 0 Å². The van der Waals surface area contributed by atoms with Gasteiger partial charge in [0.2, 0.25) is 5.91 Å². The first-order chi connectivity index (χ1) is 14.8. The van der Waals surface area contributed by atoms with Crippen molar-refractivity contribution < 1.29 is 17.6 Å². The van der Waals surface area contributed by atoms with Gasteiger partial charge < -0.3 is 9.88 Å². The van der Waals surface area contributed by atoms with Crippen molar-refractivity contribution in [3.8, 4) is 0 Å². The fourth-order valence-corrected chi connectivity index (χ4v) is 5.20. The van der Waals surface area contributed by atoms with Crippen LogP contribution in [0.25, 0.3) is 10.9 Å². The second-order valence-corrected chi connectivity index (χ2v) is 9.44. The Hall–Kier alpha value is -3.16. The van der Waals surface area contributed by atoms with E-state index in [9.17, 15) is 17.6 Å². The number of aromatic nitrogens is 1. The molecule has 0 aliphatic carbocycles. The first-order valence-electron chi connectivity index (χ1n) is 9.43. The number of carbonyl (C=O) groups is 1. The molecule has 158 valence electrons. The van der Waals surface area contributed by atoms with Crippen LogP contribution in [0.1, 0.15) is 5.56 Å². The maximum atomic E-state index is 14.0. The molecule has 4 rings (SSSR count). The number of anilines is 1. The van der Waals surface area contributed by atoms with E-state index in [0.717, 1.165) is 0 Å². The molecule has 1 aromatic heterocycles. The van der Waals surface area contributed by atoms with Crippen LogP contribution in [-0.2, 0) is 26.9 Å². The number of hydrogen-bond donors (Lipinski definition) is 1. The zero-order valence-corrected chi connectivity index (χ0v) is 17.8. The number of para-hydroxylation sites is 1. The fourth-order valence-electron chi connectivity index (χ4n) is 3.41. The summed E-state index contributed by atoms with van der Waals surface area (Å²) >= 11 is 5.95. The van der Waals surface area contributed by atoms with Gasteiger partial charge in [0.25, 0.3) is 0 Å². The molecule has 0 saturated heterocycles. The smallest absolute Gasteiger partial charge is 0.244 e. The summed E-state index contributed by atoms with van der Waals surface area (Å²) in [5.74, 6) is -1.38. The molecule has 4 aromatic rings. The lowest BCUT2D eigenvalue weighted by Crippen LogP contribution is -2.18. The number of nitrogens with one attached hydrogen (secondary N) is 1. The van der Waals surface area contributed by atoms with Gasteiger partial charge in [-0.1, -0.05) is 54.1 Å². The monoisotopic (exact) mass is 456 g/mol. The highest BCUT2D eigenvalue weighted by molar-refractivity contribution is 7.90. The van der Waals surface area contributed by atoms with Gasteiger partial charge in [-0.05, 0) is 30.3 Å². The molecule has 0 spiro atoms. The minimum absolute atomic E-state index is 0.0573. The van der Waals surface area contributed by atoms with Crippen molar-refractivity contribution in [2.24, 2.45) is 0 Å². The molecule has 0 fully saturated rings. The summed E-state index contributed by atoms with van der Waals surface area (Å²) in [7, 11) is -3.85. The molecule has 1 heterocycles. The van der Waals surface area contributed by atoms with Crippen LogP contribution >= 0.6 is 11.6 Å². The first kappa shape index (κ1) is 21.1. The standard InChI is InChI=1S/C23H18ClFN2O3S/c24-17-7-5-8-18(12-17)26-23(28)14-27-13-22(19-9-2-4-11-21(19)27)31(29,30)15-16-6-1-3-10-20(16)25/h1-13H,14-15H2,(H,26,28). The van der Waals surface area contributed by atoms with Crippen LogP contribution in [0.5, 0.6) is 0 Å². The third-order valence-corrected chi connectivity index (χ3v) is 6.73. The Morgan fingerprint density at radius 1 is 1.00 bits per heavy atom. The number of nitrogens with zero attached hydrogens (tertiary/aromatic N) is 1. The highest BCUT2D eigenvalue weighted by atomic mass is 35.5. The number of benzene rings is 3. The number of fused-ring (bicyclic) bond motifs is 1. The molecule has 0 saturated carbocycles. The highest BCUT2D eigenvalue weighted by Gasteiger charge is 2.23. The van der Waals surface area contributed by atoms with Gasteiger partial charge in [-0.15, -0.1) is 0 Å². The molecular weight excluding hydrogens is 439 g/mol. The van der Waals surface area contributed by atoms with Crippen LogP contribution in [-0.4, -0.2) is 18.9 Å². The van der Waals surface area contributed by atoms with E-state index < -0.39 is 21.4 Å². The van der Waals surface area contributed by atoms with E-state index in [-0.39, 0.29) is 22.9 Å². The van der Waals surface area contributed by atoms with Crippen molar-refractivity contribution in [1.82, 2.24) is 4.57 Å². The van der Waals surface area contributed by atoms with Crippen molar-refractivity contribution in [2.75, 3.05) is 5.32 Å². The van der Waals surface area contributed by atoms with Gasteiger partial charge in [-0.3, -0.25) is 4.79 Å². The van der Waals surface area contributed by atoms with E-state index in [1.54, 1.807) is 59.2 Å². The number of halogens is 2. The largest absolute Gasteiger partial charge is 0.337 e. The van der Waals surface area contributed by atoms with Gasteiger partial charge in [0.1, 0.15) is 12.4 Å². The lowest BCUT2D eigenvalue weighted by Gasteiger charge is -2.07. The SMILES string of the molecule is O=C(Cn1cc(S(=O)(=O)Cc2ccccc2F)c2ccccc21)Nc1cccc(Cl)c1. The molecule has 0 aliphatic rings. The van der Waals surface area contributed by atoms with Crippen LogP contribution in [0, 0.1) is 5.82 Å². The van der Waals surface area contributed by atoms with Gasteiger partial charge in [0.15, 0.2) is 9.84 Å². The molecule has 0 aliphatic heterocycles. The molecule has 1 amide bonds. The molecule has 0 atom stereocenters. The van der Waals surface area contributed by atoms with Crippen LogP contribution < -0.4 is 5.32 Å². The molecule has 0 radical (unpaired) electrons. The predicted octanol–water partition coefficient (Wildman–Crippen LogP) is 5.05. The molecular formula is C23H18ClFN2O3S. The Morgan fingerprint density at radius 3 is 2.52 bits per heavy atom.